The van der Waals surface area contributed by atoms with Gasteiger partial charge in [0.1, 0.15) is 5.82 Å². The molecular weight excluding hydrogens is 283 g/mol. The van der Waals surface area contributed by atoms with Gasteiger partial charge in [0.05, 0.1) is 5.69 Å². The van der Waals surface area contributed by atoms with Gasteiger partial charge in [-0.1, -0.05) is 36.4 Å². The summed E-state index contributed by atoms with van der Waals surface area (Å²) in [5.41, 5.74) is 10.1. The number of nitrogen functional groups attached to an aromatic ring is 1. The molecule has 0 fully saturated rings. The first-order valence-electron chi connectivity index (χ1n) is 6.69. The Morgan fingerprint density at radius 3 is 2.52 bits per heavy atom. The molecule has 0 unspecified atom stereocenters. The average Bonchev–Trinajstić information content (AvgIpc) is 2.82. The number of benzene rings is 2. The van der Waals surface area contributed by atoms with Crippen LogP contribution in [0.5, 0.6) is 0 Å². The molecule has 3 rings (SSSR count). The van der Waals surface area contributed by atoms with Gasteiger partial charge in [0.25, 0.3) is 0 Å². The maximum atomic E-state index is 13.0. The maximum absolute atomic E-state index is 13.0. The molecule has 0 saturated heterocycles. The van der Waals surface area contributed by atoms with Gasteiger partial charge in [0.15, 0.2) is 5.13 Å². The Kier molecular flexibility index (Phi) is 3.71. The molecule has 3 aromatic rings. The normalized spacial score (nSPS) is 10.8. The minimum Gasteiger partial charge on any atom is -0.375 e. The van der Waals surface area contributed by atoms with Crippen molar-refractivity contribution in [1.29, 1.82) is 0 Å². The summed E-state index contributed by atoms with van der Waals surface area (Å²) in [5, 5.41) is 0.561. The van der Waals surface area contributed by atoms with E-state index in [4.69, 9.17) is 5.73 Å². The quantitative estimate of drug-likeness (QED) is 0.777. The van der Waals surface area contributed by atoms with E-state index in [9.17, 15) is 4.39 Å². The summed E-state index contributed by atoms with van der Waals surface area (Å²) in [4.78, 5) is 5.58. The summed E-state index contributed by atoms with van der Waals surface area (Å²) in [6.45, 7) is 2.06. The molecule has 0 amide bonds. The van der Waals surface area contributed by atoms with E-state index >= 15 is 0 Å². The smallest absolute Gasteiger partial charge is 0.180 e. The second-order valence-electron chi connectivity index (χ2n) is 4.94. The van der Waals surface area contributed by atoms with Gasteiger partial charge in [-0.2, -0.15) is 0 Å². The number of aromatic nitrogens is 1. The third kappa shape index (κ3) is 2.95. The highest BCUT2D eigenvalue weighted by Crippen LogP contribution is 2.33. The number of hydrogen-bond donors (Lipinski definition) is 1. The number of hydrogen-bond acceptors (Lipinski definition) is 3. The largest absolute Gasteiger partial charge is 0.375 e. The van der Waals surface area contributed by atoms with Crippen molar-refractivity contribution in [2.75, 3.05) is 5.73 Å². The number of aryl methyl sites for hydroxylation is 1. The number of nitrogens with two attached hydrogens (primary N) is 1. The zero-order valence-corrected chi connectivity index (χ0v) is 12.5. The minimum atomic E-state index is -0.221. The summed E-state index contributed by atoms with van der Waals surface area (Å²) < 4.78 is 13.0. The van der Waals surface area contributed by atoms with Crippen LogP contribution in [-0.2, 0) is 6.42 Å². The summed E-state index contributed by atoms with van der Waals surface area (Å²) in [6.07, 6.45) is 0.707. The predicted octanol–water partition coefficient (Wildman–Crippen LogP) is 4.43. The van der Waals surface area contributed by atoms with Crippen LogP contribution in [0, 0.1) is 12.7 Å². The van der Waals surface area contributed by atoms with Crippen molar-refractivity contribution in [3.05, 3.63) is 70.4 Å². The Balaban J connectivity index is 2.00. The predicted molar refractivity (Wildman–Crippen MR) is 85.9 cm³/mol. The lowest BCUT2D eigenvalue weighted by Gasteiger charge is -2.06. The lowest BCUT2D eigenvalue weighted by Crippen LogP contribution is -1.91. The molecule has 0 aliphatic carbocycles. The van der Waals surface area contributed by atoms with Crippen molar-refractivity contribution >= 4 is 16.5 Å². The fraction of sp³-hybridized carbons (Fsp3) is 0.118. The third-order valence-corrected chi connectivity index (χ3v) is 4.28. The molecule has 2 nitrogen and oxygen atoms in total. The second kappa shape index (κ2) is 5.66. The average molecular weight is 298 g/mol. The van der Waals surface area contributed by atoms with Gasteiger partial charge in [0.2, 0.25) is 0 Å². The van der Waals surface area contributed by atoms with Crippen molar-refractivity contribution < 1.29 is 4.39 Å². The van der Waals surface area contributed by atoms with Crippen molar-refractivity contribution in [3.63, 3.8) is 0 Å². The van der Waals surface area contributed by atoms with Crippen molar-refractivity contribution in [2.45, 2.75) is 13.3 Å². The van der Waals surface area contributed by atoms with Gasteiger partial charge in [-0.25, -0.2) is 9.37 Å². The SMILES string of the molecule is Cc1ccccc1-c1nc(N)sc1Cc1ccc(F)cc1. The maximum Gasteiger partial charge on any atom is 0.180 e. The highest BCUT2D eigenvalue weighted by Gasteiger charge is 2.14. The van der Waals surface area contributed by atoms with Crippen LogP contribution in [0.15, 0.2) is 48.5 Å². The zero-order chi connectivity index (χ0) is 14.8. The van der Waals surface area contributed by atoms with Gasteiger partial charge in [-0.3, -0.25) is 0 Å². The van der Waals surface area contributed by atoms with Crippen molar-refractivity contribution in [3.8, 4) is 11.3 Å². The van der Waals surface area contributed by atoms with Crippen LogP contribution >= 0.6 is 11.3 Å². The van der Waals surface area contributed by atoms with Crippen molar-refractivity contribution in [2.24, 2.45) is 0 Å². The molecule has 0 bridgehead atoms. The van der Waals surface area contributed by atoms with E-state index in [0.717, 1.165) is 21.7 Å². The Morgan fingerprint density at radius 1 is 1.10 bits per heavy atom. The van der Waals surface area contributed by atoms with Crippen LogP contribution < -0.4 is 5.73 Å². The summed E-state index contributed by atoms with van der Waals surface area (Å²) in [6, 6.07) is 14.7. The number of nitrogens with zero attached hydrogens (tertiary/aromatic N) is 1. The van der Waals surface area contributed by atoms with Crippen LogP contribution in [0.25, 0.3) is 11.3 Å². The third-order valence-electron chi connectivity index (χ3n) is 3.39. The number of halogens is 1. The van der Waals surface area contributed by atoms with Gasteiger partial charge in [-0.15, -0.1) is 11.3 Å². The molecule has 21 heavy (non-hydrogen) atoms. The molecule has 106 valence electrons. The van der Waals surface area contributed by atoms with E-state index in [1.807, 2.05) is 12.1 Å². The Labute approximate surface area is 127 Å². The summed E-state index contributed by atoms with van der Waals surface area (Å²) >= 11 is 1.49. The van der Waals surface area contributed by atoms with Crippen LogP contribution in [0.1, 0.15) is 16.0 Å². The summed E-state index contributed by atoms with van der Waals surface area (Å²) in [5.74, 6) is -0.221. The van der Waals surface area contributed by atoms with Gasteiger partial charge in [-0.05, 0) is 30.2 Å². The van der Waals surface area contributed by atoms with Crippen LogP contribution in [0.4, 0.5) is 9.52 Å². The van der Waals surface area contributed by atoms with Gasteiger partial charge in [0, 0.05) is 16.9 Å². The monoisotopic (exact) mass is 298 g/mol. The highest BCUT2D eigenvalue weighted by atomic mass is 32.1. The fourth-order valence-electron chi connectivity index (χ4n) is 2.33. The number of rotatable bonds is 3. The van der Waals surface area contributed by atoms with E-state index in [-0.39, 0.29) is 5.82 Å². The number of anilines is 1. The fourth-order valence-corrected chi connectivity index (χ4v) is 3.21. The minimum absolute atomic E-state index is 0.221. The first-order valence-corrected chi connectivity index (χ1v) is 7.51. The van der Waals surface area contributed by atoms with E-state index in [0.29, 0.717) is 11.6 Å². The molecule has 4 heteroatoms. The Bertz CT molecular complexity index is 763. The lowest BCUT2D eigenvalue weighted by molar-refractivity contribution is 0.627. The van der Waals surface area contributed by atoms with Crippen LogP contribution in [0.3, 0.4) is 0 Å². The van der Waals surface area contributed by atoms with Gasteiger partial charge >= 0.3 is 0 Å². The Morgan fingerprint density at radius 2 is 1.81 bits per heavy atom. The molecule has 0 saturated carbocycles. The molecule has 0 radical (unpaired) electrons. The first kappa shape index (κ1) is 13.8. The van der Waals surface area contributed by atoms with Crippen molar-refractivity contribution in [1.82, 2.24) is 4.98 Å². The topological polar surface area (TPSA) is 38.9 Å². The molecule has 2 aromatic carbocycles. The van der Waals surface area contributed by atoms with Gasteiger partial charge < -0.3 is 5.73 Å². The summed E-state index contributed by atoms with van der Waals surface area (Å²) in [7, 11) is 0. The zero-order valence-electron chi connectivity index (χ0n) is 11.6. The number of thiazole rings is 1. The molecule has 1 heterocycles. The second-order valence-corrected chi connectivity index (χ2v) is 6.06. The highest BCUT2D eigenvalue weighted by molar-refractivity contribution is 7.15. The molecule has 0 atom stereocenters. The molecule has 2 N–H and O–H groups in total. The Hall–Kier alpha value is -2.20. The first-order chi connectivity index (χ1) is 10.1. The molecule has 0 spiro atoms. The van der Waals surface area contributed by atoms with E-state index < -0.39 is 0 Å². The molecule has 1 aromatic heterocycles. The van der Waals surface area contributed by atoms with E-state index in [2.05, 4.69) is 24.0 Å². The molecular formula is C17H15FN2S. The van der Waals surface area contributed by atoms with Crippen LogP contribution in [-0.4, -0.2) is 4.98 Å². The standard InChI is InChI=1S/C17H15FN2S/c1-11-4-2-3-5-14(11)16-15(21-17(19)20-16)10-12-6-8-13(18)9-7-12/h2-9H,10H2,1H3,(H2,19,20). The van der Waals surface area contributed by atoms with Crippen LogP contribution in [0.2, 0.25) is 0 Å². The lowest BCUT2D eigenvalue weighted by atomic mass is 10.0. The molecule has 0 aliphatic rings. The molecule has 0 aliphatic heterocycles. The van der Waals surface area contributed by atoms with E-state index in [1.54, 1.807) is 12.1 Å². The van der Waals surface area contributed by atoms with E-state index in [1.165, 1.54) is 29.0 Å².